The minimum Gasteiger partial charge on any atom is -0.369 e. The normalized spacial score (nSPS) is 16.4. The molecule has 0 amide bonds. The van der Waals surface area contributed by atoms with Gasteiger partial charge in [-0.3, -0.25) is 0 Å². The van der Waals surface area contributed by atoms with E-state index in [1.807, 2.05) is 20.2 Å². The van der Waals surface area contributed by atoms with Crippen LogP contribution in [0.4, 0.5) is 5.69 Å². The Hall–Kier alpha value is -2.33. The first-order valence-corrected chi connectivity index (χ1v) is 10.9. The highest BCUT2D eigenvalue weighted by atomic mass is 15.2. The van der Waals surface area contributed by atoms with Crippen LogP contribution in [0.3, 0.4) is 0 Å². The maximum Gasteiger partial charge on any atom is 0.0964 e. The number of aromatic nitrogens is 2. The lowest BCUT2D eigenvalue weighted by Crippen LogP contribution is -2.44. The van der Waals surface area contributed by atoms with Crippen LogP contribution in [0, 0.1) is 5.41 Å². The van der Waals surface area contributed by atoms with Crippen LogP contribution in [-0.2, 0) is 0 Å². The molecule has 4 nitrogen and oxygen atoms in total. The van der Waals surface area contributed by atoms with Gasteiger partial charge in [0.25, 0.3) is 0 Å². The predicted molar refractivity (Wildman–Crippen MR) is 125 cm³/mol. The number of anilines is 1. The first-order valence-electron chi connectivity index (χ1n) is 10.9. The number of piperazine rings is 1. The number of rotatable bonds is 3. The number of likely N-dealkylation sites (N-methyl/N-ethyl adjacent to an activating group) is 1. The van der Waals surface area contributed by atoms with E-state index in [0.29, 0.717) is 0 Å². The summed E-state index contributed by atoms with van der Waals surface area (Å²) < 4.78 is 2.37. The predicted octanol–water partition coefficient (Wildman–Crippen LogP) is 5.45. The minimum absolute atomic E-state index is 0.0822. The molecule has 0 saturated carbocycles. The molecular weight excluding hydrogens is 356 g/mol. The van der Waals surface area contributed by atoms with E-state index in [1.165, 1.54) is 16.8 Å². The van der Waals surface area contributed by atoms with E-state index in [9.17, 15) is 0 Å². The van der Waals surface area contributed by atoms with E-state index in [2.05, 4.69) is 90.7 Å². The summed E-state index contributed by atoms with van der Waals surface area (Å²) in [5.74, 6) is 0. The molecule has 0 N–H and O–H groups in total. The SMILES string of the molecule is CC.CN1CCN(c2ccc3ncn(C(c4ccccc4)C(C)(C)C)c3c2)CC1. The third-order valence-corrected chi connectivity index (χ3v) is 5.64. The van der Waals surface area contributed by atoms with Gasteiger partial charge in [-0.15, -0.1) is 0 Å². The molecule has 156 valence electrons. The molecule has 1 saturated heterocycles. The van der Waals surface area contributed by atoms with Crippen LogP contribution >= 0.6 is 0 Å². The number of imidazole rings is 1. The Morgan fingerprint density at radius 3 is 2.17 bits per heavy atom. The molecule has 1 aliphatic heterocycles. The molecule has 29 heavy (non-hydrogen) atoms. The fraction of sp³-hybridized carbons (Fsp3) is 0.480. The lowest BCUT2D eigenvalue weighted by Gasteiger charge is -2.35. The molecule has 0 aliphatic carbocycles. The Kier molecular flexibility index (Phi) is 6.63. The summed E-state index contributed by atoms with van der Waals surface area (Å²) in [6.45, 7) is 15.3. The number of nitrogens with zero attached hydrogens (tertiary/aromatic N) is 4. The zero-order valence-electron chi connectivity index (χ0n) is 18.9. The van der Waals surface area contributed by atoms with Crippen LogP contribution in [0.15, 0.2) is 54.9 Å². The molecule has 4 heteroatoms. The molecule has 0 bridgehead atoms. The van der Waals surface area contributed by atoms with Crippen LogP contribution in [0.1, 0.15) is 46.2 Å². The van der Waals surface area contributed by atoms with Crippen molar-refractivity contribution in [2.45, 2.75) is 40.7 Å². The zero-order valence-corrected chi connectivity index (χ0v) is 18.9. The van der Waals surface area contributed by atoms with Crippen molar-refractivity contribution in [2.24, 2.45) is 5.41 Å². The van der Waals surface area contributed by atoms with Gasteiger partial charge in [-0.2, -0.15) is 0 Å². The van der Waals surface area contributed by atoms with E-state index in [0.717, 1.165) is 31.7 Å². The van der Waals surface area contributed by atoms with E-state index in [4.69, 9.17) is 4.98 Å². The summed E-state index contributed by atoms with van der Waals surface area (Å²) >= 11 is 0. The number of hydrogen-bond acceptors (Lipinski definition) is 3. The molecule has 4 rings (SSSR count). The van der Waals surface area contributed by atoms with Gasteiger partial charge in [-0.25, -0.2) is 4.98 Å². The third kappa shape index (κ3) is 4.64. The van der Waals surface area contributed by atoms with Crippen LogP contribution in [0.25, 0.3) is 11.0 Å². The number of hydrogen-bond donors (Lipinski definition) is 0. The largest absolute Gasteiger partial charge is 0.369 e. The number of fused-ring (bicyclic) bond motifs is 1. The Labute approximate surface area is 176 Å². The van der Waals surface area contributed by atoms with Gasteiger partial charge in [0.15, 0.2) is 0 Å². The molecule has 1 aromatic heterocycles. The van der Waals surface area contributed by atoms with E-state index < -0.39 is 0 Å². The van der Waals surface area contributed by atoms with E-state index in [-0.39, 0.29) is 11.5 Å². The second-order valence-corrected chi connectivity index (χ2v) is 8.79. The van der Waals surface area contributed by atoms with Crippen LogP contribution in [0.2, 0.25) is 0 Å². The molecular formula is C25H36N4. The van der Waals surface area contributed by atoms with Gasteiger partial charge in [0, 0.05) is 31.9 Å². The molecule has 1 fully saturated rings. The summed E-state index contributed by atoms with van der Waals surface area (Å²) in [6, 6.07) is 17.8. The van der Waals surface area contributed by atoms with Crippen molar-refractivity contribution in [2.75, 3.05) is 38.1 Å². The van der Waals surface area contributed by atoms with Gasteiger partial charge in [0.2, 0.25) is 0 Å². The molecule has 2 aromatic carbocycles. The average Bonchev–Trinajstić information content (AvgIpc) is 3.13. The Morgan fingerprint density at radius 1 is 0.897 bits per heavy atom. The smallest absolute Gasteiger partial charge is 0.0964 e. The second kappa shape index (κ2) is 9.00. The van der Waals surface area contributed by atoms with E-state index >= 15 is 0 Å². The summed E-state index contributed by atoms with van der Waals surface area (Å²) in [5.41, 5.74) is 5.00. The van der Waals surface area contributed by atoms with Gasteiger partial charge in [0.05, 0.1) is 23.4 Å². The molecule has 0 spiro atoms. The van der Waals surface area contributed by atoms with Crippen LogP contribution < -0.4 is 4.90 Å². The van der Waals surface area contributed by atoms with Crippen molar-refractivity contribution in [1.29, 1.82) is 0 Å². The molecule has 1 unspecified atom stereocenters. The highest BCUT2D eigenvalue weighted by Gasteiger charge is 2.29. The zero-order chi connectivity index (χ0) is 21.0. The first-order chi connectivity index (χ1) is 13.9. The van der Waals surface area contributed by atoms with Gasteiger partial charge in [0.1, 0.15) is 0 Å². The topological polar surface area (TPSA) is 24.3 Å². The minimum atomic E-state index is 0.0822. The monoisotopic (exact) mass is 392 g/mol. The number of benzene rings is 2. The second-order valence-electron chi connectivity index (χ2n) is 8.79. The van der Waals surface area contributed by atoms with Crippen LogP contribution in [0.5, 0.6) is 0 Å². The Bertz CT molecular complexity index is 899. The molecule has 3 aromatic rings. The van der Waals surface area contributed by atoms with Crippen molar-refractivity contribution in [3.8, 4) is 0 Å². The lowest BCUT2D eigenvalue weighted by molar-refractivity contribution is 0.288. The Morgan fingerprint density at radius 2 is 1.55 bits per heavy atom. The van der Waals surface area contributed by atoms with Crippen LogP contribution in [-0.4, -0.2) is 47.7 Å². The van der Waals surface area contributed by atoms with Crippen molar-refractivity contribution >= 4 is 16.7 Å². The maximum atomic E-state index is 4.71. The summed E-state index contributed by atoms with van der Waals surface area (Å²) in [6.07, 6.45) is 2.02. The lowest BCUT2D eigenvalue weighted by atomic mass is 9.82. The first kappa shape index (κ1) is 21.4. The maximum absolute atomic E-state index is 4.71. The highest BCUT2D eigenvalue weighted by Crippen LogP contribution is 2.38. The highest BCUT2D eigenvalue weighted by molar-refractivity contribution is 5.80. The van der Waals surface area contributed by atoms with Crippen molar-refractivity contribution in [3.63, 3.8) is 0 Å². The van der Waals surface area contributed by atoms with Gasteiger partial charge >= 0.3 is 0 Å². The van der Waals surface area contributed by atoms with Gasteiger partial charge in [-0.05, 0) is 36.2 Å². The molecule has 1 atom stereocenters. The quantitative estimate of drug-likeness (QED) is 0.592. The van der Waals surface area contributed by atoms with Crippen molar-refractivity contribution in [1.82, 2.24) is 14.5 Å². The molecule has 0 radical (unpaired) electrons. The van der Waals surface area contributed by atoms with Gasteiger partial charge in [-0.1, -0.05) is 65.0 Å². The summed E-state index contributed by atoms with van der Waals surface area (Å²) in [5, 5.41) is 0. The summed E-state index contributed by atoms with van der Waals surface area (Å²) in [7, 11) is 2.20. The van der Waals surface area contributed by atoms with Gasteiger partial charge < -0.3 is 14.4 Å². The van der Waals surface area contributed by atoms with Crippen molar-refractivity contribution < 1.29 is 0 Å². The molecule has 2 heterocycles. The Balaban J connectivity index is 0.00000117. The third-order valence-electron chi connectivity index (χ3n) is 5.64. The summed E-state index contributed by atoms with van der Waals surface area (Å²) in [4.78, 5) is 9.60. The van der Waals surface area contributed by atoms with E-state index in [1.54, 1.807) is 0 Å². The standard InChI is InChI=1S/C23H30N4.C2H6/c1-23(2,3)22(18-8-6-5-7-9-18)27-17-24-20-11-10-19(16-21(20)27)26-14-12-25(4)13-15-26;1-2/h5-11,16-17,22H,12-15H2,1-4H3;1-2H3. The molecule has 1 aliphatic rings. The fourth-order valence-corrected chi connectivity index (χ4v) is 4.19. The van der Waals surface area contributed by atoms with Crippen molar-refractivity contribution in [3.05, 3.63) is 60.4 Å². The average molecular weight is 393 g/mol. The fourth-order valence-electron chi connectivity index (χ4n) is 4.19.